The Kier molecular flexibility index (Phi) is 3.87. The number of nitrogens with one attached hydrogen (secondary N) is 1. The molecule has 0 aliphatic heterocycles. The highest BCUT2D eigenvalue weighted by Gasteiger charge is 2.23. The lowest BCUT2D eigenvalue weighted by Gasteiger charge is -2.17. The van der Waals surface area contributed by atoms with E-state index in [1.807, 2.05) is 0 Å². The van der Waals surface area contributed by atoms with Crippen molar-refractivity contribution in [3.8, 4) is 5.75 Å². The largest absolute Gasteiger partial charge is 0.494 e. The zero-order valence-electron chi connectivity index (χ0n) is 10.5. The van der Waals surface area contributed by atoms with E-state index in [1.165, 1.54) is 37.8 Å². The smallest absolute Gasteiger partial charge is 0.144 e. The zero-order valence-corrected chi connectivity index (χ0v) is 10.5. The Morgan fingerprint density at radius 2 is 2.24 bits per heavy atom. The maximum Gasteiger partial charge on any atom is 0.144 e. The van der Waals surface area contributed by atoms with Crippen molar-refractivity contribution in [2.24, 2.45) is 5.92 Å². The molecule has 0 spiro atoms. The van der Waals surface area contributed by atoms with E-state index in [9.17, 15) is 4.39 Å². The molecular weight excluding hydrogens is 217 g/mol. The average Bonchev–Trinajstić information content (AvgIpc) is 2.79. The van der Waals surface area contributed by atoms with E-state index in [4.69, 9.17) is 4.74 Å². The second-order valence-electron chi connectivity index (χ2n) is 4.77. The van der Waals surface area contributed by atoms with Crippen LogP contribution in [-0.2, 0) is 0 Å². The monoisotopic (exact) mass is 237 g/mol. The molecular formula is C14H20FNO. The molecule has 0 bridgehead atoms. The van der Waals surface area contributed by atoms with Crippen LogP contribution in [0.5, 0.6) is 5.75 Å². The number of methoxy groups -OCH3 is 1. The van der Waals surface area contributed by atoms with Crippen LogP contribution in [0.1, 0.15) is 32.6 Å². The van der Waals surface area contributed by atoms with Gasteiger partial charge in [0.2, 0.25) is 0 Å². The minimum atomic E-state index is -0.259. The van der Waals surface area contributed by atoms with Gasteiger partial charge in [0, 0.05) is 12.1 Å². The van der Waals surface area contributed by atoms with E-state index in [-0.39, 0.29) is 5.82 Å². The van der Waals surface area contributed by atoms with Crippen LogP contribution < -0.4 is 10.1 Å². The summed E-state index contributed by atoms with van der Waals surface area (Å²) in [5.41, 5.74) is 0.899. The lowest BCUT2D eigenvalue weighted by atomic mass is 10.1. The Balaban J connectivity index is 2.03. The fourth-order valence-corrected chi connectivity index (χ4v) is 2.58. The molecule has 2 atom stereocenters. The first-order valence-corrected chi connectivity index (χ1v) is 6.33. The molecule has 1 aromatic carbocycles. The highest BCUT2D eigenvalue weighted by Crippen LogP contribution is 2.33. The van der Waals surface area contributed by atoms with Crippen LogP contribution in [0.15, 0.2) is 18.2 Å². The molecule has 1 aliphatic rings. The molecule has 1 saturated carbocycles. The predicted octanol–water partition coefficient (Wildman–Crippen LogP) is 3.82. The molecule has 0 radical (unpaired) electrons. The fraction of sp³-hybridized carbons (Fsp3) is 0.571. The molecule has 2 nitrogen and oxygen atoms in total. The SMILES string of the molecule is CCC1CCC(Nc2ccc(F)cc2OC)C1. The normalized spacial score (nSPS) is 23.7. The van der Waals surface area contributed by atoms with Crippen molar-refractivity contribution in [1.29, 1.82) is 0 Å². The molecule has 0 saturated heterocycles. The van der Waals surface area contributed by atoms with Gasteiger partial charge in [0.25, 0.3) is 0 Å². The molecule has 2 rings (SSSR count). The number of rotatable bonds is 4. The first-order valence-electron chi connectivity index (χ1n) is 6.33. The summed E-state index contributed by atoms with van der Waals surface area (Å²) in [4.78, 5) is 0. The number of anilines is 1. The zero-order chi connectivity index (χ0) is 12.3. The van der Waals surface area contributed by atoms with Gasteiger partial charge in [-0.05, 0) is 37.3 Å². The Bertz CT molecular complexity index is 380. The van der Waals surface area contributed by atoms with E-state index >= 15 is 0 Å². The number of ether oxygens (including phenoxy) is 1. The summed E-state index contributed by atoms with van der Waals surface area (Å²) in [6.07, 6.45) is 4.94. The van der Waals surface area contributed by atoms with Crippen LogP contribution in [0.2, 0.25) is 0 Å². The van der Waals surface area contributed by atoms with Crippen molar-refractivity contribution < 1.29 is 9.13 Å². The quantitative estimate of drug-likeness (QED) is 0.859. The molecule has 1 aromatic rings. The Morgan fingerprint density at radius 3 is 2.88 bits per heavy atom. The Labute approximate surface area is 102 Å². The van der Waals surface area contributed by atoms with E-state index in [2.05, 4.69) is 12.2 Å². The van der Waals surface area contributed by atoms with Gasteiger partial charge in [-0.25, -0.2) is 4.39 Å². The molecule has 0 heterocycles. The summed E-state index contributed by atoms with van der Waals surface area (Å²) < 4.78 is 18.2. The highest BCUT2D eigenvalue weighted by molar-refractivity contribution is 5.57. The maximum atomic E-state index is 13.1. The predicted molar refractivity (Wildman–Crippen MR) is 68.0 cm³/mol. The summed E-state index contributed by atoms with van der Waals surface area (Å²) >= 11 is 0. The minimum Gasteiger partial charge on any atom is -0.494 e. The van der Waals surface area contributed by atoms with Crippen molar-refractivity contribution in [3.05, 3.63) is 24.0 Å². The van der Waals surface area contributed by atoms with Crippen LogP contribution in [0.25, 0.3) is 0 Å². The maximum absolute atomic E-state index is 13.1. The minimum absolute atomic E-state index is 0.259. The second kappa shape index (κ2) is 5.39. The third-order valence-corrected chi connectivity index (χ3v) is 3.64. The third-order valence-electron chi connectivity index (χ3n) is 3.64. The van der Waals surface area contributed by atoms with Gasteiger partial charge in [-0.3, -0.25) is 0 Å². The topological polar surface area (TPSA) is 21.3 Å². The van der Waals surface area contributed by atoms with Crippen molar-refractivity contribution >= 4 is 5.69 Å². The molecule has 2 unspecified atom stereocenters. The van der Waals surface area contributed by atoms with E-state index in [0.29, 0.717) is 11.8 Å². The number of hydrogen-bond acceptors (Lipinski definition) is 2. The van der Waals surface area contributed by atoms with E-state index in [0.717, 1.165) is 11.6 Å². The first kappa shape index (κ1) is 12.2. The van der Waals surface area contributed by atoms with Crippen molar-refractivity contribution in [3.63, 3.8) is 0 Å². The Morgan fingerprint density at radius 1 is 1.41 bits per heavy atom. The standard InChI is InChI=1S/C14H20FNO/c1-3-10-4-6-12(8-10)16-13-7-5-11(15)9-14(13)17-2/h5,7,9-10,12,16H,3-4,6,8H2,1-2H3. The summed E-state index contributed by atoms with van der Waals surface area (Å²) in [6, 6.07) is 5.15. The summed E-state index contributed by atoms with van der Waals surface area (Å²) in [7, 11) is 1.57. The van der Waals surface area contributed by atoms with Crippen LogP contribution >= 0.6 is 0 Å². The third kappa shape index (κ3) is 2.90. The van der Waals surface area contributed by atoms with Crippen molar-refractivity contribution in [1.82, 2.24) is 0 Å². The van der Waals surface area contributed by atoms with Crippen LogP contribution in [0.4, 0.5) is 10.1 Å². The highest BCUT2D eigenvalue weighted by atomic mass is 19.1. The lowest BCUT2D eigenvalue weighted by molar-refractivity contribution is 0.412. The van der Waals surface area contributed by atoms with E-state index in [1.54, 1.807) is 13.2 Å². The molecule has 94 valence electrons. The van der Waals surface area contributed by atoms with Gasteiger partial charge in [0.05, 0.1) is 12.8 Å². The van der Waals surface area contributed by atoms with Crippen molar-refractivity contribution in [2.45, 2.75) is 38.6 Å². The molecule has 17 heavy (non-hydrogen) atoms. The van der Waals surface area contributed by atoms with Gasteiger partial charge >= 0.3 is 0 Å². The van der Waals surface area contributed by atoms with E-state index < -0.39 is 0 Å². The van der Waals surface area contributed by atoms with Gasteiger partial charge in [0.1, 0.15) is 11.6 Å². The molecule has 1 N–H and O–H groups in total. The Hall–Kier alpha value is -1.25. The van der Waals surface area contributed by atoms with Crippen LogP contribution in [0.3, 0.4) is 0 Å². The van der Waals surface area contributed by atoms with Crippen molar-refractivity contribution in [2.75, 3.05) is 12.4 Å². The van der Waals surface area contributed by atoms with Gasteiger partial charge in [-0.15, -0.1) is 0 Å². The average molecular weight is 237 g/mol. The van der Waals surface area contributed by atoms with Crippen LogP contribution in [0, 0.1) is 11.7 Å². The van der Waals surface area contributed by atoms with Crippen LogP contribution in [-0.4, -0.2) is 13.2 Å². The van der Waals surface area contributed by atoms with Gasteiger partial charge in [-0.1, -0.05) is 13.3 Å². The second-order valence-corrected chi connectivity index (χ2v) is 4.77. The molecule has 3 heteroatoms. The lowest BCUT2D eigenvalue weighted by Crippen LogP contribution is -2.16. The first-order chi connectivity index (χ1) is 8.22. The van der Waals surface area contributed by atoms with Gasteiger partial charge in [-0.2, -0.15) is 0 Å². The van der Waals surface area contributed by atoms with Gasteiger partial charge in [0.15, 0.2) is 0 Å². The number of halogens is 1. The molecule has 0 aromatic heterocycles. The summed E-state index contributed by atoms with van der Waals surface area (Å²) in [5.74, 6) is 1.16. The summed E-state index contributed by atoms with van der Waals surface area (Å²) in [5, 5.41) is 3.46. The molecule has 1 fully saturated rings. The number of benzene rings is 1. The molecule has 0 amide bonds. The van der Waals surface area contributed by atoms with Gasteiger partial charge < -0.3 is 10.1 Å². The molecule has 1 aliphatic carbocycles. The fourth-order valence-electron chi connectivity index (χ4n) is 2.58. The summed E-state index contributed by atoms with van der Waals surface area (Å²) in [6.45, 7) is 2.24. The number of hydrogen-bond donors (Lipinski definition) is 1.